The maximum absolute atomic E-state index is 13.8. The van der Waals surface area contributed by atoms with Gasteiger partial charge >= 0.3 is 0 Å². The first-order valence-electron chi connectivity index (χ1n) is 6.13. The number of hydrogen-bond donors (Lipinski definition) is 0. The van der Waals surface area contributed by atoms with E-state index in [4.69, 9.17) is 11.6 Å². The summed E-state index contributed by atoms with van der Waals surface area (Å²) in [5, 5.41) is 0. The Bertz CT molecular complexity index is 753. The van der Waals surface area contributed by atoms with Crippen LogP contribution in [0.3, 0.4) is 0 Å². The first-order chi connectivity index (χ1) is 9.69. The van der Waals surface area contributed by atoms with Crippen molar-refractivity contribution in [1.29, 1.82) is 0 Å². The van der Waals surface area contributed by atoms with Gasteiger partial charge in [0.05, 0.1) is 11.4 Å². The van der Waals surface area contributed by atoms with Gasteiger partial charge in [-0.25, -0.2) is 13.8 Å². The van der Waals surface area contributed by atoms with E-state index in [1.165, 1.54) is 6.07 Å². The van der Waals surface area contributed by atoms with Gasteiger partial charge in [0.2, 0.25) is 0 Å². The standard InChI is InChI=1S/C15H11ClF2N2/c16-8-14-19-15-12(18)6-11(17)7-13(15)20(14)9-10-4-2-1-3-5-10/h1-7H,8-9H2. The number of rotatable bonds is 3. The summed E-state index contributed by atoms with van der Waals surface area (Å²) in [6, 6.07) is 11.7. The van der Waals surface area contributed by atoms with Gasteiger partial charge in [-0.3, -0.25) is 0 Å². The van der Waals surface area contributed by atoms with E-state index in [1.54, 1.807) is 4.57 Å². The summed E-state index contributed by atoms with van der Waals surface area (Å²) >= 11 is 5.86. The molecular weight excluding hydrogens is 282 g/mol. The fourth-order valence-electron chi connectivity index (χ4n) is 2.24. The lowest BCUT2D eigenvalue weighted by molar-refractivity contribution is 0.590. The molecule has 0 aliphatic carbocycles. The molecule has 0 aliphatic rings. The Morgan fingerprint density at radius 2 is 1.85 bits per heavy atom. The molecule has 0 bridgehead atoms. The Hall–Kier alpha value is -1.94. The third-order valence-corrected chi connectivity index (χ3v) is 3.39. The molecule has 5 heteroatoms. The average Bonchev–Trinajstić information content (AvgIpc) is 2.78. The van der Waals surface area contributed by atoms with E-state index in [0.717, 1.165) is 11.6 Å². The molecule has 1 aromatic heterocycles. The van der Waals surface area contributed by atoms with E-state index in [1.807, 2.05) is 30.3 Å². The monoisotopic (exact) mass is 292 g/mol. The van der Waals surface area contributed by atoms with Gasteiger partial charge in [-0.1, -0.05) is 30.3 Å². The van der Waals surface area contributed by atoms with Crippen molar-refractivity contribution in [1.82, 2.24) is 9.55 Å². The van der Waals surface area contributed by atoms with Gasteiger partial charge in [-0.2, -0.15) is 0 Å². The molecule has 0 radical (unpaired) electrons. The second-order valence-electron chi connectivity index (χ2n) is 4.49. The van der Waals surface area contributed by atoms with Crippen molar-refractivity contribution in [2.45, 2.75) is 12.4 Å². The first-order valence-corrected chi connectivity index (χ1v) is 6.66. The van der Waals surface area contributed by atoms with Crippen molar-refractivity contribution >= 4 is 22.6 Å². The summed E-state index contributed by atoms with van der Waals surface area (Å²) < 4.78 is 28.9. The van der Waals surface area contributed by atoms with Gasteiger partial charge < -0.3 is 4.57 Å². The van der Waals surface area contributed by atoms with Gasteiger partial charge in [-0.15, -0.1) is 11.6 Å². The van der Waals surface area contributed by atoms with Crippen LogP contribution in [0.1, 0.15) is 11.4 Å². The molecule has 1 heterocycles. The van der Waals surface area contributed by atoms with Gasteiger partial charge in [0.25, 0.3) is 0 Å². The van der Waals surface area contributed by atoms with Crippen molar-refractivity contribution in [2.24, 2.45) is 0 Å². The van der Waals surface area contributed by atoms with Crippen LogP contribution in [0.5, 0.6) is 0 Å². The zero-order chi connectivity index (χ0) is 14.1. The number of fused-ring (bicyclic) bond motifs is 1. The highest BCUT2D eigenvalue weighted by molar-refractivity contribution is 6.16. The zero-order valence-electron chi connectivity index (χ0n) is 10.5. The molecule has 0 saturated carbocycles. The molecular formula is C15H11ClF2N2. The normalized spacial score (nSPS) is 11.2. The maximum atomic E-state index is 13.8. The molecule has 0 aliphatic heterocycles. The lowest BCUT2D eigenvalue weighted by atomic mass is 10.2. The molecule has 3 rings (SSSR count). The summed E-state index contributed by atoms with van der Waals surface area (Å²) in [5.41, 5.74) is 1.59. The summed E-state index contributed by atoms with van der Waals surface area (Å²) in [5.74, 6) is -0.624. The molecule has 0 amide bonds. The largest absolute Gasteiger partial charge is 0.322 e. The maximum Gasteiger partial charge on any atom is 0.153 e. The predicted octanol–water partition coefficient (Wildman–Crippen LogP) is 4.10. The van der Waals surface area contributed by atoms with Crippen molar-refractivity contribution in [2.75, 3.05) is 0 Å². The van der Waals surface area contributed by atoms with E-state index < -0.39 is 11.6 Å². The topological polar surface area (TPSA) is 17.8 Å². The SMILES string of the molecule is Fc1cc(F)c2nc(CCl)n(Cc3ccccc3)c2c1. The molecule has 0 atom stereocenters. The molecule has 0 unspecified atom stereocenters. The summed E-state index contributed by atoms with van der Waals surface area (Å²) in [6.07, 6.45) is 0. The minimum atomic E-state index is -0.668. The van der Waals surface area contributed by atoms with E-state index >= 15 is 0 Å². The molecule has 102 valence electrons. The number of halogens is 3. The van der Waals surface area contributed by atoms with Crippen LogP contribution in [-0.2, 0) is 12.4 Å². The van der Waals surface area contributed by atoms with Gasteiger partial charge in [0, 0.05) is 12.6 Å². The van der Waals surface area contributed by atoms with Crippen LogP contribution in [0.15, 0.2) is 42.5 Å². The van der Waals surface area contributed by atoms with Crippen molar-refractivity contribution in [3.05, 3.63) is 65.5 Å². The third-order valence-electron chi connectivity index (χ3n) is 3.15. The Labute approximate surface area is 119 Å². The second kappa shape index (κ2) is 5.21. The molecule has 0 saturated heterocycles. The molecule has 20 heavy (non-hydrogen) atoms. The lowest BCUT2D eigenvalue weighted by Gasteiger charge is -2.08. The predicted molar refractivity (Wildman–Crippen MR) is 74.8 cm³/mol. The molecule has 0 N–H and O–H groups in total. The Kier molecular flexibility index (Phi) is 3.40. The van der Waals surface area contributed by atoms with Crippen molar-refractivity contribution in [3.63, 3.8) is 0 Å². The van der Waals surface area contributed by atoms with Crippen molar-refractivity contribution in [3.8, 4) is 0 Å². The summed E-state index contributed by atoms with van der Waals surface area (Å²) in [7, 11) is 0. The van der Waals surface area contributed by atoms with Crippen LogP contribution in [0.4, 0.5) is 8.78 Å². The smallest absolute Gasteiger partial charge is 0.153 e. The third kappa shape index (κ3) is 2.27. The number of benzene rings is 2. The Balaban J connectivity index is 2.17. The number of nitrogens with zero attached hydrogens (tertiary/aromatic N) is 2. The van der Waals surface area contributed by atoms with Crippen LogP contribution in [-0.4, -0.2) is 9.55 Å². The Morgan fingerprint density at radius 1 is 1.10 bits per heavy atom. The quantitative estimate of drug-likeness (QED) is 0.665. The Morgan fingerprint density at radius 3 is 2.55 bits per heavy atom. The van der Waals surface area contributed by atoms with Crippen LogP contribution in [0.2, 0.25) is 0 Å². The van der Waals surface area contributed by atoms with Crippen LogP contribution in [0.25, 0.3) is 11.0 Å². The van der Waals surface area contributed by atoms with Gasteiger partial charge in [0.1, 0.15) is 17.2 Å². The van der Waals surface area contributed by atoms with E-state index in [-0.39, 0.29) is 11.4 Å². The van der Waals surface area contributed by atoms with E-state index in [9.17, 15) is 8.78 Å². The van der Waals surface area contributed by atoms with Crippen LogP contribution >= 0.6 is 11.6 Å². The number of imidazole rings is 1. The highest BCUT2D eigenvalue weighted by Crippen LogP contribution is 2.23. The van der Waals surface area contributed by atoms with Gasteiger partial charge in [0.15, 0.2) is 5.82 Å². The molecule has 2 nitrogen and oxygen atoms in total. The van der Waals surface area contributed by atoms with E-state index in [0.29, 0.717) is 17.9 Å². The minimum absolute atomic E-state index is 0.141. The number of hydrogen-bond acceptors (Lipinski definition) is 1. The minimum Gasteiger partial charge on any atom is -0.322 e. The summed E-state index contributed by atoms with van der Waals surface area (Å²) in [6.45, 7) is 0.474. The van der Waals surface area contributed by atoms with Gasteiger partial charge in [-0.05, 0) is 11.6 Å². The highest BCUT2D eigenvalue weighted by atomic mass is 35.5. The van der Waals surface area contributed by atoms with Crippen LogP contribution < -0.4 is 0 Å². The van der Waals surface area contributed by atoms with E-state index in [2.05, 4.69) is 4.98 Å². The van der Waals surface area contributed by atoms with Crippen molar-refractivity contribution < 1.29 is 8.78 Å². The lowest BCUT2D eigenvalue weighted by Crippen LogP contribution is -2.03. The highest BCUT2D eigenvalue weighted by Gasteiger charge is 2.15. The molecule has 0 spiro atoms. The average molecular weight is 293 g/mol. The molecule has 0 fully saturated rings. The zero-order valence-corrected chi connectivity index (χ0v) is 11.2. The fourth-order valence-corrected chi connectivity index (χ4v) is 2.45. The van der Waals surface area contributed by atoms with Crippen LogP contribution in [0, 0.1) is 11.6 Å². The summed E-state index contributed by atoms with van der Waals surface area (Å²) in [4.78, 5) is 4.16. The number of alkyl halides is 1. The number of aromatic nitrogens is 2. The second-order valence-corrected chi connectivity index (χ2v) is 4.76. The first kappa shape index (κ1) is 13.1. The molecule has 3 aromatic rings. The molecule has 2 aromatic carbocycles. The fraction of sp³-hybridized carbons (Fsp3) is 0.133.